The monoisotopic (exact) mass is 390 g/mol. The van der Waals surface area contributed by atoms with Gasteiger partial charge in [-0.15, -0.1) is 0 Å². The van der Waals surface area contributed by atoms with Crippen molar-refractivity contribution in [2.75, 3.05) is 13.7 Å². The number of ether oxygens (including phenoxy) is 3. The van der Waals surface area contributed by atoms with Crippen LogP contribution in [0.15, 0.2) is 84.0 Å². The summed E-state index contributed by atoms with van der Waals surface area (Å²) in [5.41, 5.74) is 4.28. The van der Waals surface area contributed by atoms with Crippen molar-refractivity contribution in [3.63, 3.8) is 0 Å². The summed E-state index contributed by atoms with van der Waals surface area (Å²) in [6.45, 7) is 0.272. The number of rotatable bonds is 9. The molecule has 0 radical (unpaired) electrons. The van der Waals surface area contributed by atoms with E-state index >= 15 is 0 Å². The molecular formula is C23H22N2O4. The SMILES string of the molecule is COc1ccccc1OCC(=O)N/N=C\c1ccccc1OCc1ccccc1. The minimum Gasteiger partial charge on any atom is -0.493 e. The molecule has 0 aromatic heterocycles. The standard InChI is InChI=1S/C23H22N2O4/c1-27-21-13-7-8-14-22(21)29-17-23(26)25-24-15-19-11-5-6-12-20(19)28-16-18-9-3-2-4-10-18/h2-15H,16-17H2,1H3,(H,25,26)/b24-15-. The first-order valence-corrected chi connectivity index (χ1v) is 9.10. The number of hydrazone groups is 1. The van der Waals surface area contributed by atoms with Gasteiger partial charge in [0.25, 0.3) is 5.91 Å². The number of para-hydroxylation sites is 3. The molecular weight excluding hydrogens is 368 g/mol. The van der Waals surface area contributed by atoms with Crippen LogP contribution in [-0.2, 0) is 11.4 Å². The summed E-state index contributed by atoms with van der Waals surface area (Å²) in [7, 11) is 1.55. The quantitative estimate of drug-likeness (QED) is 0.446. The highest BCUT2D eigenvalue weighted by atomic mass is 16.5. The first-order chi connectivity index (χ1) is 14.3. The molecule has 3 rings (SSSR count). The average Bonchev–Trinajstić information content (AvgIpc) is 2.78. The highest BCUT2D eigenvalue weighted by Crippen LogP contribution is 2.25. The third-order valence-electron chi connectivity index (χ3n) is 3.98. The highest BCUT2D eigenvalue weighted by Gasteiger charge is 2.06. The number of carbonyl (C=O) groups excluding carboxylic acids is 1. The second-order valence-corrected chi connectivity index (χ2v) is 6.04. The lowest BCUT2D eigenvalue weighted by atomic mass is 10.2. The molecule has 6 nitrogen and oxygen atoms in total. The van der Waals surface area contributed by atoms with Crippen molar-refractivity contribution < 1.29 is 19.0 Å². The molecule has 0 aliphatic heterocycles. The predicted molar refractivity (Wildman–Crippen MR) is 111 cm³/mol. The lowest BCUT2D eigenvalue weighted by Crippen LogP contribution is -2.24. The number of hydrogen-bond donors (Lipinski definition) is 1. The number of benzene rings is 3. The van der Waals surface area contributed by atoms with Gasteiger partial charge in [0.05, 0.1) is 13.3 Å². The molecule has 6 heteroatoms. The minimum atomic E-state index is -0.380. The highest BCUT2D eigenvalue weighted by molar-refractivity contribution is 5.85. The molecule has 0 unspecified atom stereocenters. The van der Waals surface area contributed by atoms with Gasteiger partial charge in [-0.3, -0.25) is 4.79 Å². The van der Waals surface area contributed by atoms with Gasteiger partial charge in [-0.1, -0.05) is 54.6 Å². The number of methoxy groups -OCH3 is 1. The maximum atomic E-state index is 12.0. The maximum Gasteiger partial charge on any atom is 0.277 e. The van der Waals surface area contributed by atoms with Crippen molar-refractivity contribution in [3.05, 3.63) is 90.0 Å². The van der Waals surface area contributed by atoms with Crippen molar-refractivity contribution in [2.45, 2.75) is 6.61 Å². The average molecular weight is 390 g/mol. The third kappa shape index (κ3) is 6.10. The van der Waals surface area contributed by atoms with Crippen LogP contribution < -0.4 is 19.6 Å². The molecule has 3 aromatic carbocycles. The number of carbonyl (C=O) groups is 1. The summed E-state index contributed by atoms with van der Waals surface area (Å²) >= 11 is 0. The van der Waals surface area contributed by atoms with E-state index in [-0.39, 0.29) is 12.5 Å². The molecule has 0 heterocycles. The fraction of sp³-hybridized carbons (Fsp3) is 0.130. The summed E-state index contributed by atoms with van der Waals surface area (Å²) in [5, 5.41) is 4.00. The summed E-state index contributed by atoms with van der Waals surface area (Å²) in [6, 6.07) is 24.5. The van der Waals surface area contributed by atoms with E-state index in [1.165, 1.54) is 0 Å². The van der Waals surface area contributed by atoms with E-state index < -0.39 is 0 Å². The molecule has 0 saturated carbocycles. The molecule has 0 spiro atoms. The van der Waals surface area contributed by atoms with Gasteiger partial charge < -0.3 is 14.2 Å². The van der Waals surface area contributed by atoms with E-state index in [2.05, 4.69) is 10.5 Å². The first kappa shape index (κ1) is 19.9. The lowest BCUT2D eigenvalue weighted by molar-refractivity contribution is -0.123. The number of nitrogens with zero attached hydrogens (tertiary/aromatic N) is 1. The van der Waals surface area contributed by atoms with Gasteiger partial charge in [0, 0.05) is 5.56 Å². The predicted octanol–water partition coefficient (Wildman–Crippen LogP) is 3.80. The van der Waals surface area contributed by atoms with E-state index in [9.17, 15) is 4.79 Å². The molecule has 0 atom stereocenters. The van der Waals surface area contributed by atoms with Gasteiger partial charge in [0.2, 0.25) is 0 Å². The molecule has 0 saturated heterocycles. The zero-order valence-corrected chi connectivity index (χ0v) is 16.1. The Hall–Kier alpha value is -3.80. The molecule has 0 fully saturated rings. The summed E-state index contributed by atoms with van der Waals surface area (Å²) in [5.74, 6) is 1.36. The van der Waals surface area contributed by atoms with E-state index in [0.717, 1.165) is 11.1 Å². The zero-order chi connectivity index (χ0) is 20.3. The first-order valence-electron chi connectivity index (χ1n) is 9.10. The molecule has 148 valence electrons. The van der Waals surface area contributed by atoms with E-state index in [1.54, 1.807) is 31.5 Å². The van der Waals surface area contributed by atoms with Gasteiger partial charge in [-0.2, -0.15) is 5.10 Å². The number of amides is 1. The summed E-state index contributed by atoms with van der Waals surface area (Å²) in [6.07, 6.45) is 1.54. The fourth-order valence-electron chi connectivity index (χ4n) is 2.54. The van der Waals surface area contributed by atoms with Crippen LogP contribution in [0.4, 0.5) is 0 Å². The summed E-state index contributed by atoms with van der Waals surface area (Å²) in [4.78, 5) is 12.0. The fourth-order valence-corrected chi connectivity index (χ4v) is 2.54. The molecule has 0 aliphatic rings. The molecule has 0 bridgehead atoms. The second kappa shape index (κ2) is 10.5. The Morgan fingerprint density at radius 2 is 1.52 bits per heavy atom. The third-order valence-corrected chi connectivity index (χ3v) is 3.98. The van der Waals surface area contributed by atoms with Gasteiger partial charge in [0.1, 0.15) is 12.4 Å². The molecule has 29 heavy (non-hydrogen) atoms. The maximum absolute atomic E-state index is 12.0. The van der Waals surface area contributed by atoms with Gasteiger partial charge in [-0.25, -0.2) is 5.43 Å². The van der Waals surface area contributed by atoms with Crippen molar-refractivity contribution in [1.82, 2.24) is 5.43 Å². The Labute approximate surface area is 169 Å². The van der Waals surface area contributed by atoms with Crippen LogP contribution in [0.1, 0.15) is 11.1 Å². The number of nitrogens with one attached hydrogen (secondary N) is 1. The topological polar surface area (TPSA) is 69.2 Å². The van der Waals surface area contributed by atoms with Crippen LogP contribution in [0.2, 0.25) is 0 Å². The smallest absolute Gasteiger partial charge is 0.277 e. The van der Waals surface area contributed by atoms with E-state index in [0.29, 0.717) is 23.9 Å². The van der Waals surface area contributed by atoms with E-state index in [1.807, 2.05) is 60.7 Å². The van der Waals surface area contributed by atoms with Crippen LogP contribution in [0.5, 0.6) is 17.2 Å². The largest absolute Gasteiger partial charge is 0.493 e. The van der Waals surface area contributed by atoms with E-state index in [4.69, 9.17) is 14.2 Å². The zero-order valence-electron chi connectivity index (χ0n) is 16.1. The molecule has 1 N–H and O–H groups in total. The molecule has 0 aliphatic carbocycles. The van der Waals surface area contributed by atoms with Gasteiger partial charge in [0.15, 0.2) is 18.1 Å². The molecule has 1 amide bonds. The van der Waals surface area contributed by atoms with Crippen molar-refractivity contribution >= 4 is 12.1 Å². The Bertz CT molecular complexity index is 958. The summed E-state index contributed by atoms with van der Waals surface area (Å²) < 4.78 is 16.5. The minimum absolute atomic E-state index is 0.177. The number of hydrogen-bond acceptors (Lipinski definition) is 5. The lowest BCUT2D eigenvalue weighted by Gasteiger charge is -2.10. The van der Waals surface area contributed by atoms with Crippen molar-refractivity contribution in [2.24, 2.45) is 5.10 Å². The van der Waals surface area contributed by atoms with Crippen molar-refractivity contribution in [3.8, 4) is 17.2 Å². The van der Waals surface area contributed by atoms with Crippen LogP contribution >= 0.6 is 0 Å². The molecule has 3 aromatic rings. The van der Waals surface area contributed by atoms with Crippen LogP contribution in [0, 0.1) is 0 Å². The van der Waals surface area contributed by atoms with Crippen LogP contribution in [-0.4, -0.2) is 25.8 Å². The van der Waals surface area contributed by atoms with Crippen molar-refractivity contribution in [1.29, 1.82) is 0 Å². The van der Waals surface area contributed by atoms with Crippen LogP contribution in [0.25, 0.3) is 0 Å². The normalized spacial score (nSPS) is 10.5. The van der Waals surface area contributed by atoms with Crippen LogP contribution in [0.3, 0.4) is 0 Å². The Balaban J connectivity index is 1.52. The Morgan fingerprint density at radius 1 is 0.862 bits per heavy atom. The Morgan fingerprint density at radius 3 is 2.28 bits per heavy atom. The van der Waals surface area contributed by atoms with Gasteiger partial charge in [-0.05, 0) is 29.8 Å². The Kier molecular flexibility index (Phi) is 7.23. The second-order valence-electron chi connectivity index (χ2n) is 6.04. The van der Waals surface area contributed by atoms with Gasteiger partial charge >= 0.3 is 0 Å².